The number of carbonyl (C=O) groups excluding carboxylic acids is 3. The van der Waals surface area contributed by atoms with Crippen LogP contribution in [0.15, 0.2) is 18.2 Å². The topological polar surface area (TPSA) is 87.7 Å². The molecule has 1 rings (SSSR count). The van der Waals surface area contributed by atoms with Gasteiger partial charge in [0.05, 0.1) is 0 Å². The van der Waals surface area contributed by atoms with Crippen molar-refractivity contribution in [2.75, 3.05) is 13.1 Å². The van der Waals surface area contributed by atoms with Crippen LogP contribution in [0.25, 0.3) is 0 Å². The summed E-state index contributed by atoms with van der Waals surface area (Å²) in [6.07, 6.45) is 2.32. The van der Waals surface area contributed by atoms with Crippen LogP contribution in [0.3, 0.4) is 0 Å². The van der Waals surface area contributed by atoms with Crippen molar-refractivity contribution in [3.05, 3.63) is 34.9 Å². The van der Waals surface area contributed by atoms with Gasteiger partial charge >= 0.3 is 6.09 Å². The predicted octanol–water partition coefficient (Wildman–Crippen LogP) is 5.05. The Labute approximate surface area is 206 Å². The number of alkyl carbamates (subject to hydrolysis) is 1. The van der Waals surface area contributed by atoms with Crippen LogP contribution >= 0.6 is 0 Å². The lowest BCUT2D eigenvalue weighted by Gasteiger charge is -2.35. The molecule has 0 fully saturated rings. The third-order valence-electron chi connectivity index (χ3n) is 5.81. The second-order valence-electron chi connectivity index (χ2n) is 10.2. The van der Waals surface area contributed by atoms with E-state index < -0.39 is 23.8 Å². The monoisotopic (exact) mass is 475 g/mol. The van der Waals surface area contributed by atoms with E-state index >= 15 is 0 Å². The van der Waals surface area contributed by atoms with Crippen LogP contribution in [-0.4, -0.2) is 47.5 Å². The molecule has 1 aromatic carbocycles. The Morgan fingerprint density at radius 3 is 2.24 bits per heavy atom. The van der Waals surface area contributed by atoms with E-state index in [0.29, 0.717) is 13.1 Å². The lowest BCUT2D eigenvalue weighted by molar-refractivity contribution is -0.143. The SMILES string of the molecule is CCCCCNC(=O)C(c1cccc(C)c1C)N(CC)C(=O)C(NC(=O)OC(C)(C)C)C(C)C. The second-order valence-corrected chi connectivity index (χ2v) is 10.2. The molecule has 0 aliphatic carbocycles. The van der Waals surface area contributed by atoms with Crippen molar-refractivity contribution >= 4 is 17.9 Å². The first-order chi connectivity index (χ1) is 15.8. The Bertz CT molecular complexity index is 830. The molecule has 7 heteroatoms. The Balaban J connectivity index is 3.34. The molecule has 2 unspecified atom stereocenters. The molecular weight excluding hydrogens is 430 g/mol. The van der Waals surface area contributed by atoms with Crippen LogP contribution < -0.4 is 10.6 Å². The summed E-state index contributed by atoms with van der Waals surface area (Å²) in [5.74, 6) is -0.710. The molecule has 0 aromatic heterocycles. The molecule has 192 valence electrons. The molecule has 0 spiro atoms. The number of amides is 3. The van der Waals surface area contributed by atoms with Gasteiger partial charge in [-0.2, -0.15) is 0 Å². The minimum absolute atomic E-state index is 0.194. The lowest BCUT2D eigenvalue weighted by atomic mass is 9.94. The fourth-order valence-corrected chi connectivity index (χ4v) is 3.80. The largest absolute Gasteiger partial charge is 0.444 e. The molecule has 3 amide bonds. The quantitative estimate of drug-likeness (QED) is 0.439. The van der Waals surface area contributed by atoms with Crippen molar-refractivity contribution < 1.29 is 19.1 Å². The molecule has 0 bridgehead atoms. The average molecular weight is 476 g/mol. The Kier molecular flexibility index (Phi) is 11.6. The Morgan fingerprint density at radius 1 is 1.06 bits per heavy atom. The van der Waals surface area contributed by atoms with Gasteiger partial charge in [0.25, 0.3) is 0 Å². The number of rotatable bonds is 11. The number of unbranched alkanes of at least 4 members (excludes halogenated alkanes) is 2. The van der Waals surface area contributed by atoms with Crippen LogP contribution in [0.1, 0.15) is 90.5 Å². The van der Waals surface area contributed by atoms with E-state index in [0.717, 1.165) is 36.0 Å². The fraction of sp³-hybridized carbons (Fsp3) is 0.667. The predicted molar refractivity (Wildman–Crippen MR) is 137 cm³/mol. The molecule has 2 atom stereocenters. The number of aryl methyl sites for hydroxylation is 1. The van der Waals surface area contributed by atoms with Gasteiger partial charge in [0, 0.05) is 13.1 Å². The van der Waals surface area contributed by atoms with Gasteiger partial charge in [-0.25, -0.2) is 4.79 Å². The first-order valence-corrected chi connectivity index (χ1v) is 12.5. The van der Waals surface area contributed by atoms with Crippen LogP contribution in [0.5, 0.6) is 0 Å². The molecule has 0 aliphatic heterocycles. The second kappa shape index (κ2) is 13.4. The number of benzene rings is 1. The highest BCUT2D eigenvalue weighted by atomic mass is 16.6. The van der Waals surface area contributed by atoms with Crippen LogP contribution in [-0.2, 0) is 14.3 Å². The van der Waals surface area contributed by atoms with E-state index in [9.17, 15) is 14.4 Å². The van der Waals surface area contributed by atoms with E-state index in [2.05, 4.69) is 17.6 Å². The third kappa shape index (κ3) is 8.65. The maximum Gasteiger partial charge on any atom is 0.408 e. The summed E-state index contributed by atoms with van der Waals surface area (Å²) in [6.45, 7) is 17.9. The summed E-state index contributed by atoms with van der Waals surface area (Å²) < 4.78 is 5.39. The summed E-state index contributed by atoms with van der Waals surface area (Å²) in [4.78, 5) is 41.3. The van der Waals surface area contributed by atoms with Gasteiger partial charge in [0.2, 0.25) is 11.8 Å². The van der Waals surface area contributed by atoms with Crippen LogP contribution in [0.2, 0.25) is 0 Å². The molecule has 0 heterocycles. The Hall–Kier alpha value is -2.57. The smallest absolute Gasteiger partial charge is 0.408 e. The third-order valence-corrected chi connectivity index (χ3v) is 5.81. The molecule has 0 aliphatic rings. The zero-order valence-electron chi connectivity index (χ0n) is 22.6. The number of nitrogens with zero attached hydrogens (tertiary/aromatic N) is 1. The summed E-state index contributed by atoms with van der Waals surface area (Å²) in [6, 6.07) is 4.19. The highest BCUT2D eigenvalue weighted by Crippen LogP contribution is 2.28. The maximum atomic E-state index is 13.8. The van der Waals surface area contributed by atoms with Gasteiger partial charge in [0.1, 0.15) is 17.7 Å². The van der Waals surface area contributed by atoms with E-state index in [1.54, 1.807) is 25.7 Å². The molecule has 0 radical (unpaired) electrons. The minimum atomic E-state index is -0.824. The molecule has 34 heavy (non-hydrogen) atoms. The maximum absolute atomic E-state index is 13.8. The summed E-state index contributed by atoms with van der Waals surface area (Å²) in [7, 11) is 0. The van der Waals surface area contributed by atoms with E-state index in [1.165, 1.54) is 0 Å². The zero-order valence-corrected chi connectivity index (χ0v) is 22.6. The van der Waals surface area contributed by atoms with Crippen molar-refractivity contribution in [3.8, 4) is 0 Å². The lowest BCUT2D eigenvalue weighted by Crippen LogP contribution is -2.55. The average Bonchev–Trinajstić information content (AvgIpc) is 2.73. The van der Waals surface area contributed by atoms with Crippen molar-refractivity contribution in [3.63, 3.8) is 0 Å². The van der Waals surface area contributed by atoms with Crippen molar-refractivity contribution in [1.82, 2.24) is 15.5 Å². The first-order valence-electron chi connectivity index (χ1n) is 12.5. The number of carbonyl (C=O) groups is 3. The van der Waals surface area contributed by atoms with Crippen molar-refractivity contribution in [1.29, 1.82) is 0 Å². The fourth-order valence-electron chi connectivity index (χ4n) is 3.80. The minimum Gasteiger partial charge on any atom is -0.444 e. The van der Waals surface area contributed by atoms with Gasteiger partial charge in [-0.1, -0.05) is 51.8 Å². The number of ether oxygens (including phenoxy) is 1. The van der Waals surface area contributed by atoms with Crippen molar-refractivity contribution in [2.24, 2.45) is 5.92 Å². The van der Waals surface area contributed by atoms with E-state index in [-0.39, 0.29) is 17.7 Å². The molecule has 7 nitrogen and oxygen atoms in total. The number of nitrogens with one attached hydrogen (secondary N) is 2. The van der Waals surface area contributed by atoms with Gasteiger partial charge < -0.3 is 20.3 Å². The molecule has 1 aromatic rings. The number of likely N-dealkylation sites (N-methyl/N-ethyl adjacent to an activating group) is 1. The van der Waals surface area contributed by atoms with Gasteiger partial charge in [0.15, 0.2) is 0 Å². The normalized spacial score (nSPS) is 13.2. The first kappa shape index (κ1) is 29.5. The molecule has 0 saturated carbocycles. The summed E-state index contributed by atoms with van der Waals surface area (Å²) in [5.41, 5.74) is 2.14. The van der Waals surface area contributed by atoms with Crippen LogP contribution in [0, 0.1) is 19.8 Å². The van der Waals surface area contributed by atoms with Gasteiger partial charge in [-0.05, 0) is 70.6 Å². The van der Waals surface area contributed by atoms with Crippen molar-refractivity contribution in [2.45, 2.75) is 99.3 Å². The molecule has 2 N–H and O–H groups in total. The van der Waals surface area contributed by atoms with Gasteiger partial charge in [-0.3, -0.25) is 9.59 Å². The summed E-state index contributed by atoms with van der Waals surface area (Å²) >= 11 is 0. The molecule has 0 saturated heterocycles. The highest BCUT2D eigenvalue weighted by molar-refractivity contribution is 5.92. The number of hydrogen-bond donors (Lipinski definition) is 2. The highest BCUT2D eigenvalue weighted by Gasteiger charge is 2.37. The van der Waals surface area contributed by atoms with E-state index in [1.807, 2.05) is 52.8 Å². The van der Waals surface area contributed by atoms with Crippen LogP contribution in [0.4, 0.5) is 4.79 Å². The molecular formula is C27H45N3O4. The Morgan fingerprint density at radius 2 is 1.71 bits per heavy atom. The zero-order chi connectivity index (χ0) is 26.1. The van der Waals surface area contributed by atoms with E-state index in [4.69, 9.17) is 4.74 Å². The summed E-state index contributed by atoms with van der Waals surface area (Å²) in [5, 5.41) is 5.76. The van der Waals surface area contributed by atoms with Gasteiger partial charge in [-0.15, -0.1) is 0 Å². The standard InChI is InChI=1S/C27H45N3O4/c1-10-12-13-17-28-24(31)23(21-16-14-15-19(5)20(21)6)30(11-2)25(32)22(18(3)4)29-26(33)34-27(7,8)9/h14-16,18,22-23H,10-13,17H2,1-9H3,(H,28,31)(H,29,33). The number of hydrogen-bond acceptors (Lipinski definition) is 4.